The number of nitrogens with zero attached hydrogens (tertiary/aromatic N) is 2. The van der Waals surface area contributed by atoms with Gasteiger partial charge in [0.25, 0.3) is 5.91 Å². The van der Waals surface area contributed by atoms with E-state index >= 15 is 0 Å². The zero-order valence-electron chi connectivity index (χ0n) is 13.8. The van der Waals surface area contributed by atoms with Crippen molar-refractivity contribution < 1.29 is 4.79 Å². The van der Waals surface area contributed by atoms with Crippen LogP contribution in [0, 0.1) is 0 Å². The van der Waals surface area contributed by atoms with Crippen molar-refractivity contribution >= 4 is 28.3 Å². The fraction of sp³-hybridized carbons (Fsp3) is 0.368. The van der Waals surface area contributed by atoms with Crippen LogP contribution in [-0.4, -0.2) is 15.5 Å². The molecule has 2 heterocycles. The van der Waals surface area contributed by atoms with E-state index in [2.05, 4.69) is 16.4 Å². The Kier molecular flexibility index (Phi) is 4.10. The summed E-state index contributed by atoms with van der Waals surface area (Å²) in [7, 11) is 1.99. The maximum absolute atomic E-state index is 12.5. The van der Waals surface area contributed by atoms with Crippen LogP contribution in [0.25, 0.3) is 11.0 Å². The van der Waals surface area contributed by atoms with Gasteiger partial charge in [0.2, 0.25) is 0 Å². The van der Waals surface area contributed by atoms with Gasteiger partial charge in [0.05, 0.1) is 22.5 Å². The van der Waals surface area contributed by atoms with Gasteiger partial charge in [0.1, 0.15) is 5.82 Å². The number of aromatic nitrogens is 2. The Morgan fingerprint density at radius 3 is 2.96 bits per heavy atom. The molecule has 0 bridgehead atoms. The van der Waals surface area contributed by atoms with E-state index in [4.69, 9.17) is 0 Å². The van der Waals surface area contributed by atoms with Crippen molar-refractivity contribution in [3.63, 3.8) is 0 Å². The third kappa shape index (κ3) is 2.84. The number of fused-ring (bicyclic) bond motifs is 2. The predicted octanol–water partition coefficient (Wildman–Crippen LogP) is 3.83. The number of imidazole rings is 1. The SMILES string of the molecule is Cn1c(CNC(=O)c2cc3c(s2)CCCCC3)nc2ccccc21. The number of benzene rings is 1. The number of amides is 1. The van der Waals surface area contributed by atoms with Crippen LogP contribution in [0.2, 0.25) is 0 Å². The van der Waals surface area contributed by atoms with Gasteiger partial charge in [-0.3, -0.25) is 4.79 Å². The molecule has 1 amide bonds. The maximum Gasteiger partial charge on any atom is 0.261 e. The average molecular weight is 339 g/mol. The molecule has 1 aliphatic carbocycles. The highest BCUT2D eigenvalue weighted by molar-refractivity contribution is 7.14. The number of para-hydroxylation sites is 2. The number of nitrogens with one attached hydrogen (secondary N) is 1. The van der Waals surface area contributed by atoms with Crippen molar-refractivity contribution in [2.24, 2.45) is 7.05 Å². The van der Waals surface area contributed by atoms with Crippen LogP contribution in [0.1, 0.15) is 45.2 Å². The topological polar surface area (TPSA) is 46.9 Å². The molecule has 0 atom stereocenters. The van der Waals surface area contributed by atoms with Crippen molar-refractivity contribution in [2.75, 3.05) is 0 Å². The molecule has 0 radical (unpaired) electrons. The van der Waals surface area contributed by atoms with E-state index in [1.807, 2.05) is 35.9 Å². The molecule has 1 aliphatic rings. The third-order valence-electron chi connectivity index (χ3n) is 4.76. The fourth-order valence-electron chi connectivity index (χ4n) is 3.38. The quantitative estimate of drug-likeness (QED) is 0.737. The van der Waals surface area contributed by atoms with E-state index in [-0.39, 0.29) is 5.91 Å². The number of carbonyl (C=O) groups excluding carboxylic acids is 1. The minimum Gasteiger partial charge on any atom is -0.344 e. The lowest BCUT2D eigenvalue weighted by Crippen LogP contribution is -2.23. The molecular formula is C19H21N3OS. The molecule has 0 spiro atoms. The molecule has 24 heavy (non-hydrogen) atoms. The second-order valence-corrected chi connectivity index (χ2v) is 7.51. The van der Waals surface area contributed by atoms with E-state index < -0.39 is 0 Å². The summed E-state index contributed by atoms with van der Waals surface area (Å²) in [5.41, 5.74) is 3.43. The summed E-state index contributed by atoms with van der Waals surface area (Å²) in [5, 5.41) is 3.03. The number of thiophene rings is 1. The number of rotatable bonds is 3. The number of hydrogen-bond acceptors (Lipinski definition) is 3. The van der Waals surface area contributed by atoms with Gasteiger partial charge in [-0.05, 0) is 49.4 Å². The lowest BCUT2D eigenvalue weighted by atomic mass is 10.1. The zero-order valence-corrected chi connectivity index (χ0v) is 14.7. The first-order valence-corrected chi connectivity index (χ1v) is 9.34. The van der Waals surface area contributed by atoms with Crippen LogP contribution in [0.3, 0.4) is 0 Å². The summed E-state index contributed by atoms with van der Waals surface area (Å²) >= 11 is 1.66. The van der Waals surface area contributed by atoms with Crippen molar-refractivity contribution in [3.8, 4) is 0 Å². The Morgan fingerprint density at radius 1 is 1.25 bits per heavy atom. The Bertz CT molecular complexity index is 870. The first-order valence-electron chi connectivity index (χ1n) is 8.52. The molecule has 0 saturated carbocycles. The van der Waals surface area contributed by atoms with Gasteiger partial charge >= 0.3 is 0 Å². The average Bonchev–Trinajstić information content (AvgIpc) is 3.07. The van der Waals surface area contributed by atoms with Crippen molar-refractivity contribution in [1.29, 1.82) is 0 Å². The summed E-state index contributed by atoms with van der Waals surface area (Å²) in [6.07, 6.45) is 6.02. The highest BCUT2D eigenvalue weighted by atomic mass is 32.1. The number of aryl methyl sites for hydroxylation is 3. The van der Waals surface area contributed by atoms with Crippen molar-refractivity contribution in [1.82, 2.24) is 14.9 Å². The van der Waals surface area contributed by atoms with E-state index in [1.54, 1.807) is 11.3 Å². The van der Waals surface area contributed by atoms with Crippen LogP contribution in [0.5, 0.6) is 0 Å². The Morgan fingerprint density at radius 2 is 2.08 bits per heavy atom. The van der Waals surface area contributed by atoms with Crippen LogP contribution in [0.15, 0.2) is 30.3 Å². The monoisotopic (exact) mass is 339 g/mol. The normalized spacial score (nSPS) is 14.4. The lowest BCUT2D eigenvalue weighted by Gasteiger charge is -2.04. The van der Waals surface area contributed by atoms with Gasteiger partial charge in [-0.1, -0.05) is 18.6 Å². The minimum absolute atomic E-state index is 0.0140. The van der Waals surface area contributed by atoms with Gasteiger partial charge in [0, 0.05) is 11.9 Å². The van der Waals surface area contributed by atoms with E-state index in [0.717, 1.165) is 34.6 Å². The van der Waals surface area contributed by atoms with Crippen LogP contribution < -0.4 is 5.32 Å². The van der Waals surface area contributed by atoms with Crippen LogP contribution in [0.4, 0.5) is 0 Å². The molecule has 4 nitrogen and oxygen atoms in total. The maximum atomic E-state index is 12.5. The molecule has 0 aliphatic heterocycles. The lowest BCUT2D eigenvalue weighted by molar-refractivity contribution is 0.0953. The standard InChI is InChI=1S/C19H21N3OS/c1-22-15-9-6-5-8-14(15)21-18(22)12-20-19(23)17-11-13-7-3-2-4-10-16(13)24-17/h5-6,8-9,11H,2-4,7,10,12H2,1H3,(H,20,23). The molecule has 1 aromatic carbocycles. The van der Waals surface area contributed by atoms with Gasteiger partial charge < -0.3 is 9.88 Å². The summed E-state index contributed by atoms with van der Waals surface area (Å²) in [4.78, 5) is 19.4. The van der Waals surface area contributed by atoms with Crippen molar-refractivity contribution in [3.05, 3.63) is 51.5 Å². The van der Waals surface area contributed by atoms with Gasteiger partial charge in [-0.2, -0.15) is 0 Å². The number of carbonyl (C=O) groups is 1. The molecule has 1 N–H and O–H groups in total. The first-order chi connectivity index (χ1) is 11.7. The van der Waals surface area contributed by atoms with Crippen molar-refractivity contribution in [2.45, 2.75) is 38.6 Å². The molecule has 0 unspecified atom stereocenters. The van der Waals surface area contributed by atoms with Gasteiger partial charge in [-0.15, -0.1) is 11.3 Å². The molecule has 124 valence electrons. The Balaban J connectivity index is 1.49. The Labute approximate surface area is 145 Å². The van der Waals surface area contributed by atoms with E-state index in [0.29, 0.717) is 6.54 Å². The molecule has 0 fully saturated rings. The third-order valence-corrected chi connectivity index (χ3v) is 5.99. The summed E-state index contributed by atoms with van der Waals surface area (Å²) in [6.45, 7) is 0.451. The van der Waals surface area contributed by atoms with Gasteiger partial charge in [0.15, 0.2) is 0 Å². The second-order valence-electron chi connectivity index (χ2n) is 6.38. The number of hydrogen-bond donors (Lipinski definition) is 1. The highest BCUT2D eigenvalue weighted by Crippen LogP contribution is 2.29. The summed E-state index contributed by atoms with van der Waals surface area (Å²) in [6, 6.07) is 10.1. The second kappa shape index (κ2) is 6.40. The molecule has 4 rings (SSSR count). The first kappa shape index (κ1) is 15.4. The van der Waals surface area contributed by atoms with E-state index in [1.165, 1.54) is 29.7 Å². The van der Waals surface area contributed by atoms with E-state index in [9.17, 15) is 4.79 Å². The van der Waals surface area contributed by atoms with Crippen LogP contribution in [-0.2, 0) is 26.4 Å². The molecule has 2 aromatic heterocycles. The summed E-state index contributed by atoms with van der Waals surface area (Å²) < 4.78 is 2.04. The molecule has 3 aromatic rings. The minimum atomic E-state index is 0.0140. The largest absolute Gasteiger partial charge is 0.344 e. The zero-order chi connectivity index (χ0) is 16.5. The highest BCUT2D eigenvalue weighted by Gasteiger charge is 2.17. The fourth-order valence-corrected chi connectivity index (χ4v) is 4.55. The van der Waals surface area contributed by atoms with Gasteiger partial charge in [-0.25, -0.2) is 4.98 Å². The Hall–Kier alpha value is -2.14. The molecule has 0 saturated heterocycles. The van der Waals surface area contributed by atoms with Crippen LogP contribution >= 0.6 is 11.3 Å². The summed E-state index contributed by atoms with van der Waals surface area (Å²) in [5.74, 6) is 0.891. The molecular weight excluding hydrogens is 318 g/mol. The smallest absolute Gasteiger partial charge is 0.261 e. The predicted molar refractivity (Wildman–Crippen MR) is 97.5 cm³/mol. The molecule has 5 heteroatoms.